The number of aryl methyl sites for hydroxylation is 1. The van der Waals surface area contributed by atoms with Gasteiger partial charge in [-0.3, -0.25) is 9.59 Å². The molecular formula is C16H23FN2O3. The standard InChI is InChI=1S/C16H23FN2O3/c1-4-5-6-12(10-22-3)18-15(20)16(21)19-14-9-11(2)7-8-13(14)17/h7-9,12H,4-6,10H2,1-3H3,(H,18,20)(H,19,21)/t12-/m1/s1. The van der Waals surface area contributed by atoms with Gasteiger partial charge in [0.1, 0.15) is 5.82 Å². The van der Waals surface area contributed by atoms with Crippen LogP contribution >= 0.6 is 0 Å². The van der Waals surface area contributed by atoms with Crippen LogP contribution in [0.15, 0.2) is 18.2 Å². The highest BCUT2D eigenvalue weighted by molar-refractivity contribution is 6.39. The van der Waals surface area contributed by atoms with Crippen molar-refractivity contribution in [2.24, 2.45) is 0 Å². The minimum absolute atomic E-state index is 0.00278. The maximum Gasteiger partial charge on any atom is 0.313 e. The summed E-state index contributed by atoms with van der Waals surface area (Å²) in [6.07, 6.45) is 2.63. The molecule has 22 heavy (non-hydrogen) atoms. The summed E-state index contributed by atoms with van der Waals surface area (Å²) >= 11 is 0. The van der Waals surface area contributed by atoms with Crippen LogP contribution in [0.5, 0.6) is 0 Å². The number of ether oxygens (including phenoxy) is 1. The number of amides is 2. The molecule has 1 aromatic rings. The van der Waals surface area contributed by atoms with Crippen molar-refractivity contribution in [2.75, 3.05) is 19.0 Å². The van der Waals surface area contributed by atoms with Crippen molar-refractivity contribution in [3.05, 3.63) is 29.6 Å². The molecule has 0 aliphatic heterocycles. The molecule has 0 fully saturated rings. The van der Waals surface area contributed by atoms with Crippen LogP contribution in [0, 0.1) is 12.7 Å². The lowest BCUT2D eigenvalue weighted by molar-refractivity contribution is -0.136. The van der Waals surface area contributed by atoms with E-state index in [4.69, 9.17) is 4.74 Å². The second-order valence-electron chi connectivity index (χ2n) is 5.21. The maximum absolute atomic E-state index is 13.6. The summed E-state index contributed by atoms with van der Waals surface area (Å²) in [5.74, 6) is -2.26. The number of carbonyl (C=O) groups is 2. The van der Waals surface area contributed by atoms with Crippen molar-refractivity contribution in [1.82, 2.24) is 5.32 Å². The van der Waals surface area contributed by atoms with E-state index in [1.165, 1.54) is 19.2 Å². The largest absolute Gasteiger partial charge is 0.383 e. The number of hydrogen-bond donors (Lipinski definition) is 2. The van der Waals surface area contributed by atoms with Crippen molar-refractivity contribution in [3.8, 4) is 0 Å². The Labute approximate surface area is 130 Å². The van der Waals surface area contributed by atoms with Gasteiger partial charge in [0.05, 0.1) is 18.3 Å². The third kappa shape index (κ3) is 5.81. The van der Waals surface area contributed by atoms with Crippen LogP contribution in [-0.2, 0) is 14.3 Å². The molecule has 122 valence electrons. The van der Waals surface area contributed by atoms with E-state index in [9.17, 15) is 14.0 Å². The molecular weight excluding hydrogens is 287 g/mol. The summed E-state index contributed by atoms with van der Waals surface area (Å²) in [6, 6.07) is 4.08. The van der Waals surface area contributed by atoms with Crippen LogP contribution in [-0.4, -0.2) is 31.6 Å². The van der Waals surface area contributed by atoms with E-state index in [1.807, 2.05) is 6.92 Å². The fraction of sp³-hybridized carbons (Fsp3) is 0.500. The Morgan fingerprint density at radius 1 is 1.32 bits per heavy atom. The van der Waals surface area contributed by atoms with Crippen LogP contribution in [0.25, 0.3) is 0 Å². The summed E-state index contributed by atoms with van der Waals surface area (Å²) in [4.78, 5) is 23.7. The Bertz CT molecular complexity index is 520. The molecule has 5 nitrogen and oxygen atoms in total. The van der Waals surface area contributed by atoms with Crippen LogP contribution in [0.1, 0.15) is 31.7 Å². The van der Waals surface area contributed by atoms with E-state index in [0.717, 1.165) is 24.8 Å². The second-order valence-corrected chi connectivity index (χ2v) is 5.21. The molecule has 0 aliphatic rings. The zero-order chi connectivity index (χ0) is 16.5. The van der Waals surface area contributed by atoms with Gasteiger partial charge in [-0.2, -0.15) is 0 Å². The smallest absolute Gasteiger partial charge is 0.313 e. The molecule has 0 saturated heterocycles. The molecule has 0 radical (unpaired) electrons. The predicted molar refractivity (Wildman–Crippen MR) is 83.1 cm³/mol. The van der Waals surface area contributed by atoms with Crippen LogP contribution in [0.4, 0.5) is 10.1 Å². The Morgan fingerprint density at radius 2 is 2.05 bits per heavy atom. The first-order chi connectivity index (χ1) is 10.5. The number of methoxy groups -OCH3 is 1. The van der Waals surface area contributed by atoms with Crippen molar-refractivity contribution in [2.45, 2.75) is 39.2 Å². The normalized spacial score (nSPS) is 11.8. The van der Waals surface area contributed by atoms with Gasteiger partial charge in [-0.15, -0.1) is 0 Å². The minimum Gasteiger partial charge on any atom is -0.383 e. The molecule has 0 spiro atoms. The highest BCUT2D eigenvalue weighted by Gasteiger charge is 2.19. The van der Waals surface area contributed by atoms with Crippen molar-refractivity contribution >= 4 is 17.5 Å². The highest BCUT2D eigenvalue weighted by atomic mass is 19.1. The number of carbonyl (C=O) groups excluding carboxylic acids is 2. The van der Waals surface area contributed by atoms with Gasteiger partial charge >= 0.3 is 11.8 Å². The number of anilines is 1. The lowest BCUT2D eigenvalue weighted by atomic mass is 10.1. The van der Waals surface area contributed by atoms with Crippen molar-refractivity contribution < 1.29 is 18.7 Å². The summed E-state index contributed by atoms with van der Waals surface area (Å²) in [5.41, 5.74) is 0.786. The summed E-state index contributed by atoms with van der Waals surface area (Å²) in [6.45, 7) is 4.14. The Hall–Kier alpha value is -1.95. The molecule has 6 heteroatoms. The fourth-order valence-corrected chi connectivity index (χ4v) is 2.01. The molecule has 2 amide bonds. The van der Waals surface area contributed by atoms with E-state index in [1.54, 1.807) is 13.0 Å². The molecule has 2 N–H and O–H groups in total. The van der Waals surface area contributed by atoms with Crippen molar-refractivity contribution in [1.29, 1.82) is 0 Å². The summed E-state index contributed by atoms with van der Waals surface area (Å²) in [7, 11) is 1.54. The van der Waals surface area contributed by atoms with Gasteiger partial charge in [0.2, 0.25) is 0 Å². The van der Waals surface area contributed by atoms with Gasteiger partial charge in [0.15, 0.2) is 0 Å². The van der Waals surface area contributed by atoms with E-state index in [0.29, 0.717) is 6.61 Å². The number of rotatable bonds is 7. The maximum atomic E-state index is 13.6. The monoisotopic (exact) mass is 310 g/mol. The first kappa shape index (κ1) is 18.1. The minimum atomic E-state index is -0.887. The topological polar surface area (TPSA) is 67.4 Å². The molecule has 1 atom stereocenters. The second kappa shape index (κ2) is 9.15. The molecule has 0 bridgehead atoms. The van der Waals surface area contributed by atoms with Gasteiger partial charge in [0, 0.05) is 7.11 Å². The van der Waals surface area contributed by atoms with Gasteiger partial charge < -0.3 is 15.4 Å². The number of benzene rings is 1. The zero-order valence-electron chi connectivity index (χ0n) is 13.2. The first-order valence-corrected chi connectivity index (χ1v) is 7.34. The lowest BCUT2D eigenvalue weighted by Gasteiger charge is -2.17. The molecule has 0 aromatic heterocycles. The molecule has 1 aromatic carbocycles. The molecule has 0 saturated carbocycles. The molecule has 0 aliphatic carbocycles. The average Bonchev–Trinajstić information content (AvgIpc) is 2.48. The first-order valence-electron chi connectivity index (χ1n) is 7.34. The van der Waals surface area contributed by atoms with E-state index in [2.05, 4.69) is 10.6 Å². The number of hydrogen-bond acceptors (Lipinski definition) is 3. The van der Waals surface area contributed by atoms with Crippen LogP contribution in [0.2, 0.25) is 0 Å². The highest BCUT2D eigenvalue weighted by Crippen LogP contribution is 2.15. The number of unbranched alkanes of at least 4 members (excludes halogenated alkanes) is 1. The zero-order valence-corrected chi connectivity index (χ0v) is 13.2. The van der Waals surface area contributed by atoms with Crippen LogP contribution < -0.4 is 10.6 Å². The Balaban J connectivity index is 2.63. The van der Waals surface area contributed by atoms with E-state index < -0.39 is 17.6 Å². The lowest BCUT2D eigenvalue weighted by Crippen LogP contribution is -2.44. The fourth-order valence-electron chi connectivity index (χ4n) is 2.01. The van der Waals surface area contributed by atoms with Crippen molar-refractivity contribution in [3.63, 3.8) is 0 Å². The SMILES string of the molecule is CCCC[C@H](COC)NC(=O)C(=O)Nc1cc(C)ccc1F. The van der Waals surface area contributed by atoms with Crippen LogP contribution in [0.3, 0.4) is 0 Å². The van der Waals surface area contributed by atoms with Gasteiger partial charge in [-0.05, 0) is 31.0 Å². The summed E-state index contributed by atoms with van der Waals surface area (Å²) in [5, 5.41) is 4.90. The molecule has 0 heterocycles. The Kier molecular flexibility index (Phi) is 7.52. The number of halogens is 1. The van der Waals surface area contributed by atoms with Gasteiger partial charge in [-0.25, -0.2) is 4.39 Å². The predicted octanol–water partition coefficient (Wildman–Crippen LogP) is 2.39. The summed E-state index contributed by atoms with van der Waals surface area (Å²) < 4.78 is 18.6. The molecule has 1 rings (SSSR count). The van der Waals surface area contributed by atoms with Gasteiger partial charge in [0.25, 0.3) is 0 Å². The average molecular weight is 310 g/mol. The third-order valence-electron chi connectivity index (χ3n) is 3.19. The quantitative estimate of drug-likeness (QED) is 0.760. The Morgan fingerprint density at radius 3 is 2.68 bits per heavy atom. The third-order valence-corrected chi connectivity index (χ3v) is 3.19. The van der Waals surface area contributed by atoms with E-state index >= 15 is 0 Å². The molecule has 0 unspecified atom stereocenters. The van der Waals surface area contributed by atoms with Gasteiger partial charge in [-0.1, -0.05) is 25.8 Å². The van der Waals surface area contributed by atoms with E-state index in [-0.39, 0.29) is 11.7 Å². The number of nitrogens with one attached hydrogen (secondary N) is 2.